The van der Waals surface area contributed by atoms with Crippen molar-refractivity contribution < 1.29 is 5.11 Å². The van der Waals surface area contributed by atoms with Crippen molar-refractivity contribution in [1.29, 1.82) is 0 Å². The monoisotopic (exact) mass is 241 g/mol. The van der Waals surface area contributed by atoms with Gasteiger partial charge in [0.15, 0.2) is 0 Å². The summed E-state index contributed by atoms with van der Waals surface area (Å²) >= 11 is 0. The zero-order valence-electron chi connectivity index (χ0n) is 12.2. The minimum Gasteiger partial charge on any atom is -0.389 e. The number of aliphatic hydroxyl groups is 1. The van der Waals surface area contributed by atoms with Gasteiger partial charge in [-0.15, -0.1) is 0 Å². The molecule has 0 aliphatic heterocycles. The highest BCUT2D eigenvalue weighted by molar-refractivity contribution is 4.90. The standard InChI is InChI=1S/C15H31NO/c1-5-13(6-2)11-16-12-15(17)9-7-14(3,4)8-10-15/h13,16-17H,5-12H2,1-4H3. The van der Waals surface area contributed by atoms with E-state index in [1.165, 1.54) is 12.8 Å². The van der Waals surface area contributed by atoms with E-state index in [9.17, 15) is 5.11 Å². The zero-order valence-corrected chi connectivity index (χ0v) is 12.2. The van der Waals surface area contributed by atoms with Crippen LogP contribution in [-0.4, -0.2) is 23.8 Å². The molecule has 1 fully saturated rings. The Balaban J connectivity index is 2.27. The summed E-state index contributed by atoms with van der Waals surface area (Å²) in [6.07, 6.45) is 6.67. The molecule has 0 atom stereocenters. The third-order valence-electron chi connectivity index (χ3n) is 4.58. The smallest absolute Gasteiger partial charge is 0.0772 e. The molecule has 0 aromatic carbocycles. The van der Waals surface area contributed by atoms with E-state index >= 15 is 0 Å². The number of nitrogens with one attached hydrogen (secondary N) is 1. The molecular formula is C15H31NO. The molecule has 1 aliphatic carbocycles. The second-order valence-electron chi connectivity index (χ2n) is 6.70. The first-order chi connectivity index (χ1) is 7.91. The number of hydrogen-bond acceptors (Lipinski definition) is 2. The van der Waals surface area contributed by atoms with E-state index in [0.29, 0.717) is 5.41 Å². The molecule has 0 aromatic rings. The van der Waals surface area contributed by atoms with Crippen molar-refractivity contribution in [3.63, 3.8) is 0 Å². The fraction of sp³-hybridized carbons (Fsp3) is 1.00. The molecule has 0 spiro atoms. The summed E-state index contributed by atoms with van der Waals surface area (Å²) in [5, 5.41) is 14.0. The van der Waals surface area contributed by atoms with Gasteiger partial charge < -0.3 is 10.4 Å². The third-order valence-corrected chi connectivity index (χ3v) is 4.58. The molecule has 0 unspecified atom stereocenters. The van der Waals surface area contributed by atoms with Gasteiger partial charge in [-0.1, -0.05) is 40.5 Å². The van der Waals surface area contributed by atoms with Crippen molar-refractivity contribution >= 4 is 0 Å². The van der Waals surface area contributed by atoms with Crippen LogP contribution in [0.4, 0.5) is 0 Å². The maximum atomic E-state index is 10.5. The van der Waals surface area contributed by atoms with Gasteiger partial charge in [0, 0.05) is 6.54 Å². The Morgan fingerprint density at radius 2 is 1.59 bits per heavy atom. The maximum absolute atomic E-state index is 10.5. The van der Waals surface area contributed by atoms with Crippen molar-refractivity contribution in [2.45, 2.75) is 71.8 Å². The van der Waals surface area contributed by atoms with Gasteiger partial charge in [0.2, 0.25) is 0 Å². The summed E-state index contributed by atoms with van der Waals surface area (Å²) in [6.45, 7) is 10.9. The first-order valence-electron chi connectivity index (χ1n) is 7.34. The fourth-order valence-electron chi connectivity index (χ4n) is 2.66. The molecule has 1 saturated carbocycles. The number of rotatable bonds is 6. The Bertz CT molecular complexity index is 211. The molecule has 0 saturated heterocycles. The van der Waals surface area contributed by atoms with Crippen molar-refractivity contribution in [3.8, 4) is 0 Å². The first-order valence-corrected chi connectivity index (χ1v) is 7.34. The van der Waals surface area contributed by atoms with Crippen LogP contribution >= 0.6 is 0 Å². The predicted octanol–water partition coefficient (Wildman–Crippen LogP) is 3.34. The molecule has 0 amide bonds. The molecule has 17 heavy (non-hydrogen) atoms. The average molecular weight is 241 g/mol. The lowest BCUT2D eigenvalue weighted by Gasteiger charge is -2.40. The summed E-state index contributed by atoms with van der Waals surface area (Å²) in [5.74, 6) is 0.763. The van der Waals surface area contributed by atoms with Gasteiger partial charge in [0.25, 0.3) is 0 Å². The highest BCUT2D eigenvalue weighted by atomic mass is 16.3. The van der Waals surface area contributed by atoms with E-state index in [1.807, 2.05) is 0 Å². The topological polar surface area (TPSA) is 32.3 Å². The number of hydrogen-bond donors (Lipinski definition) is 2. The van der Waals surface area contributed by atoms with Crippen LogP contribution in [0.2, 0.25) is 0 Å². The highest BCUT2D eigenvalue weighted by Gasteiger charge is 2.36. The van der Waals surface area contributed by atoms with E-state index in [1.54, 1.807) is 0 Å². The van der Waals surface area contributed by atoms with Crippen molar-refractivity contribution in [2.24, 2.45) is 11.3 Å². The lowest BCUT2D eigenvalue weighted by Crippen LogP contribution is -2.45. The van der Waals surface area contributed by atoms with E-state index in [4.69, 9.17) is 0 Å². The molecule has 0 bridgehead atoms. The Hall–Kier alpha value is -0.0800. The Morgan fingerprint density at radius 1 is 1.06 bits per heavy atom. The van der Waals surface area contributed by atoms with Crippen LogP contribution in [0.5, 0.6) is 0 Å². The molecule has 0 aromatic heterocycles. The average Bonchev–Trinajstić information content (AvgIpc) is 2.30. The summed E-state index contributed by atoms with van der Waals surface area (Å²) in [4.78, 5) is 0. The normalized spacial score (nSPS) is 22.9. The lowest BCUT2D eigenvalue weighted by atomic mass is 9.71. The molecule has 2 heteroatoms. The Morgan fingerprint density at radius 3 is 2.06 bits per heavy atom. The quantitative estimate of drug-likeness (QED) is 0.747. The minimum absolute atomic E-state index is 0.432. The Kier molecular flexibility index (Phi) is 5.46. The van der Waals surface area contributed by atoms with Crippen molar-refractivity contribution in [3.05, 3.63) is 0 Å². The van der Waals surface area contributed by atoms with E-state index < -0.39 is 5.60 Å². The molecule has 0 heterocycles. The largest absolute Gasteiger partial charge is 0.389 e. The summed E-state index contributed by atoms with van der Waals surface area (Å²) in [5.41, 5.74) is -0.0108. The molecule has 2 N–H and O–H groups in total. The summed E-state index contributed by atoms with van der Waals surface area (Å²) in [6, 6.07) is 0. The summed E-state index contributed by atoms with van der Waals surface area (Å²) < 4.78 is 0. The van der Waals surface area contributed by atoms with Crippen LogP contribution in [0, 0.1) is 11.3 Å². The van der Waals surface area contributed by atoms with Gasteiger partial charge in [0.05, 0.1) is 5.60 Å². The first kappa shape index (κ1) is 15.0. The molecule has 1 aliphatic rings. The van der Waals surface area contributed by atoms with Gasteiger partial charge in [-0.3, -0.25) is 0 Å². The minimum atomic E-state index is -0.443. The fourth-order valence-corrected chi connectivity index (χ4v) is 2.66. The van der Waals surface area contributed by atoms with E-state index in [0.717, 1.165) is 44.7 Å². The molecule has 1 rings (SSSR count). The van der Waals surface area contributed by atoms with Crippen LogP contribution < -0.4 is 5.32 Å². The maximum Gasteiger partial charge on any atom is 0.0772 e. The second kappa shape index (κ2) is 6.19. The van der Waals surface area contributed by atoms with E-state index in [2.05, 4.69) is 33.0 Å². The van der Waals surface area contributed by atoms with Gasteiger partial charge in [-0.05, 0) is 43.6 Å². The van der Waals surface area contributed by atoms with Crippen molar-refractivity contribution in [1.82, 2.24) is 5.32 Å². The van der Waals surface area contributed by atoms with Crippen LogP contribution in [0.1, 0.15) is 66.2 Å². The lowest BCUT2D eigenvalue weighted by molar-refractivity contribution is -0.0247. The van der Waals surface area contributed by atoms with E-state index in [-0.39, 0.29) is 0 Å². The van der Waals surface area contributed by atoms with Gasteiger partial charge >= 0.3 is 0 Å². The molecule has 0 radical (unpaired) electrons. The van der Waals surface area contributed by atoms with Gasteiger partial charge in [-0.2, -0.15) is 0 Å². The summed E-state index contributed by atoms with van der Waals surface area (Å²) in [7, 11) is 0. The zero-order chi connectivity index (χ0) is 12.9. The van der Waals surface area contributed by atoms with Crippen LogP contribution in [0.15, 0.2) is 0 Å². The third kappa shape index (κ3) is 4.97. The molecule has 2 nitrogen and oxygen atoms in total. The highest BCUT2D eigenvalue weighted by Crippen LogP contribution is 2.39. The van der Waals surface area contributed by atoms with Crippen molar-refractivity contribution in [2.75, 3.05) is 13.1 Å². The van der Waals surface area contributed by atoms with Crippen LogP contribution in [0.3, 0.4) is 0 Å². The van der Waals surface area contributed by atoms with Gasteiger partial charge in [-0.25, -0.2) is 0 Å². The second-order valence-corrected chi connectivity index (χ2v) is 6.70. The molecular weight excluding hydrogens is 210 g/mol. The van der Waals surface area contributed by atoms with Crippen LogP contribution in [-0.2, 0) is 0 Å². The Labute approximate surface area is 107 Å². The SMILES string of the molecule is CCC(CC)CNCC1(O)CCC(C)(C)CC1. The predicted molar refractivity (Wildman–Crippen MR) is 74.1 cm³/mol. The van der Waals surface area contributed by atoms with Crippen LogP contribution in [0.25, 0.3) is 0 Å². The molecule has 102 valence electrons. The van der Waals surface area contributed by atoms with Gasteiger partial charge in [0.1, 0.15) is 0 Å².